The van der Waals surface area contributed by atoms with Gasteiger partial charge in [0.25, 0.3) is 5.91 Å². The van der Waals surface area contributed by atoms with Crippen molar-refractivity contribution in [2.45, 2.75) is 32.8 Å². The van der Waals surface area contributed by atoms with Gasteiger partial charge in [-0.25, -0.2) is 4.79 Å². The van der Waals surface area contributed by atoms with Crippen LogP contribution in [0.2, 0.25) is 0 Å². The second kappa shape index (κ2) is 7.96. The maximum Gasteiger partial charge on any atom is 0.407 e. The summed E-state index contributed by atoms with van der Waals surface area (Å²) in [7, 11) is 1.50. The molecule has 1 saturated heterocycles. The Hall–Kier alpha value is -2.09. The summed E-state index contributed by atoms with van der Waals surface area (Å²) >= 11 is 0. The number of nitrogens with zero attached hydrogens (tertiary/aromatic N) is 1. The first-order valence-corrected chi connectivity index (χ1v) is 7.81. The maximum absolute atomic E-state index is 11.7. The zero-order valence-electron chi connectivity index (χ0n) is 13.6. The quantitative estimate of drug-likeness (QED) is 0.722. The van der Waals surface area contributed by atoms with E-state index in [1.807, 2.05) is 0 Å². The first-order valence-electron chi connectivity index (χ1n) is 7.81. The van der Waals surface area contributed by atoms with Gasteiger partial charge in [0.2, 0.25) is 0 Å². The number of hydrogen-bond donors (Lipinski definition) is 3. The zero-order valence-corrected chi connectivity index (χ0v) is 13.6. The van der Waals surface area contributed by atoms with Gasteiger partial charge in [-0.3, -0.25) is 4.79 Å². The average Bonchev–Trinajstić information content (AvgIpc) is 3.01. The fraction of sp³-hybridized carbons (Fsp3) is 0.667. The molecule has 1 aliphatic heterocycles. The fourth-order valence-corrected chi connectivity index (χ4v) is 2.55. The van der Waals surface area contributed by atoms with Crippen LogP contribution in [0.25, 0.3) is 0 Å². The lowest BCUT2D eigenvalue weighted by atomic mass is 9.78. The van der Waals surface area contributed by atoms with Crippen LogP contribution in [0.15, 0.2) is 10.6 Å². The molecule has 128 valence electrons. The van der Waals surface area contributed by atoms with E-state index in [1.165, 1.54) is 13.1 Å². The molecule has 2 heterocycles. The minimum Gasteiger partial charge on any atom is -0.441 e. The summed E-state index contributed by atoms with van der Waals surface area (Å²) < 4.78 is 9.98. The van der Waals surface area contributed by atoms with Crippen LogP contribution in [0.5, 0.6) is 0 Å². The van der Waals surface area contributed by atoms with Gasteiger partial charge in [-0.1, -0.05) is 12.1 Å². The topological polar surface area (TPSA) is 105 Å². The molecule has 0 spiro atoms. The van der Waals surface area contributed by atoms with E-state index in [0.717, 1.165) is 32.4 Å². The van der Waals surface area contributed by atoms with Crippen molar-refractivity contribution >= 4 is 12.0 Å². The van der Waals surface area contributed by atoms with E-state index in [2.05, 4.69) is 28.0 Å². The molecule has 0 radical (unpaired) electrons. The minimum atomic E-state index is -0.500. The number of nitrogens with one attached hydrogen (secondary N) is 3. The minimum absolute atomic E-state index is 0.0585. The van der Waals surface area contributed by atoms with Crippen LogP contribution in [0.4, 0.5) is 4.79 Å². The highest BCUT2D eigenvalue weighted by atomic mass is 16.6. The predicted octanol–water partition coefficient (Wildman–Crippen LogP) is 1.04. The molecule has 0 aromatic carbocycles. The number of piperidine rings is 1. The Morgan fingerprint density at radius 3 is 2.87 bits per heavy atom. The van der Waals surface area contributed by atoms with Crippen LogP contribution < -0.4 is 16.0 Å². The molecule has 8 nitrogen and oxygen atoms in total. The molecule has 0 aliphatic carbocycles. The van der Waals surface area contributed by atoms with Gasteiger partial charge >= 0.3 is 6.09 Å². The molecule has 3 N–H and O–H groups in total. The Morgan fingerprint density at radius 2 is 2.17 bits per heavy atom. The molecule has 8 heteroatoms. The van der Waals surface area contributed by atoms with E-state index in [0.29, 0.717) is 12.3 Å². The second-order valence-electron chi connectivity index (χ2n) is 6.07. The summed E-state index contributed by atoms with van der Waals surface area (Å²) in [6.07, 6.45) is 2.65. The van der Waals surface area contributed by atoms with Gasteiger partial charge in [0.1, 0.15) is 0 Å². The maximum atomic E-state index is 11.7. The van der Waals surface area contributed by atoms with Gasteiger partial charge in [-0.15, -0.1) is 0 Å². The van der Waals surface area contributed by atoms with Crippen molar-refractivity contribution in [1.82, 2.24) is 21.1 Å². The van der Waals surface area contributed by atoms with Gasteiger partial charge in [0.05, 0.1) is 0 Å². The van der Waals surface area contributed by atoms with Gasteiger partial charge in [0.15, 0.2) is 18.1 Å². The van der Waals surface area contributed by atoms with Crippen molar-refractivity contribution in [3.05, 3.63) is 17.5 Å². The third-order valence-electron chi connectivity index (χ3n) is 4.17. The third-order valence-corrected chi connectivity index (χ3v) is 4.17. The van der Waals surface area contributed by atoms with Gasteiger partial charge in [-0.2, -0.15) is 0 Å². The van der Waals surface area contributed by atoms with Crippen LogP contribution in [0, 0.1) is 5.41 Å². The molecule has 0 saturated carbocycles. The zero-order chi connectivity index (χ0) is 16.7. The number of ether oxygens (including phenoxy) is 1. The summed E-state index contributed by atoms with van der Waals surface area (Å²) in [4.78, 5) is 23.0. The van der Waals surface area contributed by atoms with Crippen molar-refractivity contribution in [3.63, 3.8) is 0 Å². The van der Waals surface area contributed by atoms with Crippen LogP contribution in [0.3, 0.4) is 0 Å². The van der Waals surface area contributed by atoms with E-state index < -0.39 is 6.09 Å². The van der Waals surface area contributed by atoms with Gasteiger partial charge < -0.3 is 25.2 Å². The highest BCUT2D eigenvalue weighted by molar-refractivity contribution is 5.91. The van der Waals surface area contributed by atoms with Crippen LogP contribution >= 0.6 is 0 Å². The fourth-order valence-electron chi connectivity index (χ4n) is 2.55. The molecule has 1 fully saturated rings. The van der Waals surface area contributed by atoms with Crippen molar-refractivity contribution in [2.24, 2.45) is 5.41 Å². The van der Waals surface area contributed by atoms with E-state index in [-0.39, 0.29) is 23.6 Å². The molecular weight excluding hydrogens is 300 g/mol. The second-order valence-corrected chi connectivity index (χ2v) is 6.07. The summed E-state index contributed by atoms with van der Waals surface area (Å²) in [6.45, 7) is 4.82. The smallest absolute Gasteiger partial charge is 0.407 e. The number of alkyl carbamates (subject to hydrolysis) is 1. The van der Waals surface area contributed by atoms with Crippen molar-refractivity contribution in [2.75, 3.05) is 26.7 Å². The molecule has 0 unspecified atom stereocenters. The molecule has 1 aromatic heterocycles. The Balaban J connectivity index is 1.67. The number of carbonyl (C=O) groups is 2. The van der Waals surface area contributed by atoms with Crippen molar-refractivity contribution < 1.29 is 18.8 Å². The molecule has 0 bridgehead atoms. The number of carbonyl (C=O) groups excluding carboxylic acids is 2. The lowest BCUT2D eigenvalue weighted by Crippen LogP contribution is -2.37. The average molecular weight is 324 g/mol. The summed E-state index contributed by atoms with van der Waals surface area (Å²) in [5.74, 6) is -0.0243. The Kier molecular flexibility index (Phi) is 5.97. The molecular formula is C15H24N4O4. The van der Waals surface area contributed by atoms with Crippen molar-refractivity contribution in [1.29, 1.82) is 0 Å². The SMILES string of the molecule is CNC(=O)c1cc(COC(=O)NCCC2(C)CCNCC2)on1. The van der Waals surface area contributed by atoms with Crippen LogP contribution in [-0.4, -0.2) is 43.8 Å². The molecule has 23 heavy (non-hydrogen) atoms. The van der Waals surface area contributed by atoms with Crippen molar-refractivity contribution in [3.8, 4) is 0 Å². The molecule has 2 rings (SSSR count). The lowest BCUT2D eigenvalue weighted by molar-refractivity contribution is 0.0952. The van der Waals surface area contributed by atoms with E-state index in [4.69, 9.17) is 9.26 Å². The molecule has 0 atom stereocenters. The van der Waals surface area contributed by atoms with E-state index in [9.17, 15) is 9.59 Å². The van der Waals surface area contributed by atoms with E-state index in [1.54, 1.807) is 0 Å². The Morgan fingerprint density at radius 1 is 1.43 bits per heavy atom. The normalized spacial score (nSPS) is 16.6. The lowest BCUT2D eigenvalue weighted by Gasteiger charge is -2.34. The molecule has 1 aromatic rings. The van der Waals surface area contributed by atoms with Crippen LogP contribution in [-0.2, 0) is 11.3 Å². The molecule has 1 aliphatic rings. The highest BCUT2D eigenvalue weighted by Gasteiger charge is 2.26. The molecule has 2 amide bonds. The first kappa shape index (κ1) is 17.3. The monoisotopic (exact) mass is 324 g/mol. The van der Waals surface area contributed by atoms with Gasteiger partial charge in [-0.05, 0) is 37.8 Å². The highest BCUT2D eigenvalue weighted by Crippen LogP contribution is 2.31. The first-order chi connectivity index (χ1) is 11.0. The number of hydrogen-bond acceptors (Lipinski definition) is 6. The standard InChI is InChI=1S/C15H24N4O4/c1-15(3-6-17-7-4-15)5-8-18-14(21)22-10-11-9-12(19-23-11)13(20)16-2/h9,17H,3-8,10H2,1-2H3,(H,16,20)(H,18,21). The predicted molar refractivity (Wildman–Crippen MR) is 82.9 cm³/mol. The number of rotatable bonds is 6. The van der Waals surface area contributed by atoms with Gasteiger partial charge in [0, 0.05) is 19.7 Å². The Bertz CT molecular complexity index is 537. The van der Waals surface area contributed by atoms with E-state index >= 15 is 0 Å². The summed E-state index contributed by atoms with van der Waals surface area (Å²) in [5.41, 5.74) is 0.427. The number of aromatic nitrogens is 1. The van der Waals surface area contributed by atoms with Crippen LogP contribution in [0.1, 0.15) is 42.4 Å². The summed E-state index contributed by atoms with van der Waals surface area (Å²) in [6, 6.07) is 1.45. The third kappa shape index (κ3) is 5.24. The summed E-state index contributed by atoms with van der Waals surface area (Å²) in [5, 5.41) is 12.1. The Labute approximate surface area is 135 Å². The number of amides is 2. The largest absolute Gasteiger partial charge is 0.441 e.